The lowest BCUT2D eigenvalue weighted by molar-refractivity contribution is -0.895. The van der Waals surface area contributed by atoms with Gasteiger partial charge in [-0.15, -0.1) is 0 Å². The molecule has 3 rings (SSSR count). The van der Waals surface area contributed by atoms with Gasteiger partial charge >= 0.3 is 0 Å². The maximum Gasteiger partial charge on any atom is 0.295 e. The van der Waals surface area contributed by atoms with Crippen LogP contribution in [0.1, 0.15) is 31.0 Å². The number of benzene rings is 2. The fourth-order valence-corrected chi connectivity index (χ4v) is 4.21. The average molecular weight is 481 g/mol. The summed E-state index contributed by atoms with van der Waals surface area (Å²) in [5.74, 6) is -1.36. The van der Waals surface area contributed by atoms with Crippen molar-refractivity contribution in [2.24, 2.45) is 0 Å². The van der Waals surface area contributed by atoms with Gasteiger partial charge in [0.2, 0.25) is 5.78 Å². The van der Waals surface area contributed by atoms with Crippen LogP contribution in [0.5, 0.6) is 17.2 Å². The number of carbonyl (C=O) groups excluding carboxylic acids is 2. The van der Waals surface area contributed by atoms with Crippen LogP contribution < -0.4 is 19.5 Å². The lowest BCUT2D eigenvalue weighted by Gasteiger charge is -2.29. The minimum Gasteiger partial charge on any atom is -0.872 e. The molecule has 186 valence electrons. The van der Waals surface area contributed by atoms with Crippen LogP contribution in [-0.4, -0.2) is 61.6 Å². The van der Waals surface area contributed by atoms with Crippen LogP contribution >= 0.6 is 0 Å². The summed E-state index contributed by atoms with van der Waals surface area (Å²) in [4.78, 5) is 29.0. The van der Waals surface area contributed by atoms with Crippen molar-refractivity contribution in [1.29, 1.82) is 0 Å². The molecule has 2 aromatic rings. The third kappa shape index (κ3) is 5.49. The van der Waals surface area contributed by atoms with Gasteiger partial charge in [0.25, 0.3) is 5.91 Å². The second-order valence-corrected chi connectivity index (χ2v) is 8.24. The summed E-state index contributed by atoms with van der Waals surface area (Å²) in [5.41, 5.74) is 0.679. The van der Waals surface area contributed by atoms with Crippen molar-refractivity contribution in [3.63, 3.8) is 0 Å². The molecule has 0 bridgehead atoms. The standard InChI is InChI=1S/C27H32N2O6/c1-5-16-35-20-11-8-18(9-12-20)25(31)23-24(19-10-13-21(30)22(17-19)34-4)29(27(33)26(23)32)15-14-28(6-2)7-3/h5,8-13,17,24,30-31H,1,6-7,14-16H2,2-4H3/b25-23+. The van der Waals surface area contributed by atoms with E-state index < -0.39 is 23.5 Å². The van der Waals surface area contributed by atoms with E-state index in [1.54, 1.807) is 42.5 Å². The highest BCUT2D eigenvalue weighted by atomic mass is 16.5. The number of likely N-dealkylation sites (tertiary alicyclic amines) is 1. The molecule has 0 aliphatic carbocycles. The summed E-state index contributed by atoms with van der Waals surface area (Å²) in [5, 5.41) is 23.6. The number of amides is 1. The van der Waals surface area contributed by atoms with E-state index in [2.05, 4.69) is 20.4 Å². The van der Waals surface area contributed by atoms with E-state index in [9.17, 15) is 19.8 Å². The number of phenols is 1. The Labute approximate surface area is 205 Å². The second-order valence-electron chi connectivity index (χ2n) is 8.24. The number of nitrogens with one attached hydrogen (secondary N) is 1. The van der Waals surface area contributed by atoms with Gasteiger partial charge in [-0.3, -0.25) is 9.59 Å². The minimum absolute atomic E-state index is 0.0750. The summed E-state index contributed by atoms with van der Waals surface area (Å²) in [6, 6.07) is 10.1. The minimum atomic E-state index is -0.886. The Hall–Kier alpha value is -3.78. The number of carbonyl (C=O) groups is 2. The Morgan fingerprint density at radius 2 is 1.86 bits per heavy atom. The van der Waals surface area contributed by atoms with Gasteiger partial charge in [0.05, 0.1) is 39.3 Å². The third-order valence-corrected chi connectivity index (χ3v) is 6.24. The molecule has 35 heavy (non-hydrogen) atoms. The monoisotopic (exact) mass is 480 g/mol. The summed E-state index contributed by atoms with van der Waals surface area (Å²) in [7, 11) is 1.41. The number of nitrogens with zero attached hydrogens (tertiary/aromatic N) is 1. The van der Waals surface area contributed by atoms with E-state index >= 15 is 0 Å². The predicted octanol–water partition coefficient (Wildman–Crippen LogP) is 1.11. The van der Waals surface area contributed by atoms with E-state index in [-0.39, 0.29) is 22.6 Å². The number of ketones is 1. The molecule has 1 atom stereocenters. The second kappa shape index (κ2) is 11.6. The van der Waals surface area contributed by atoms with E-state index in [0.29, 0.717) is 31.0 Å². The third-order valence-electron chi connectivity index (χ3n) is 6.24. The molecule has 1 aliphatic heterocycles. The Kier molecular flexibility index (Phi) is 8.54. The van der Waals surface area contributed by atoms with Crippen molar-refractivity contribution in [1.82, 2.24) is 4.90 Å². The number of rotatable bonds is 11. The highest BCUT2D eigenvalue weighted by Gasteiger charge is 2.44. The molecule has 1 heterocycles. The number of methoxy groups -OCH3 is 1. The number of phenolic OH excluding ortho intramolecular Hbond substituents is 1. The van der Waals surface area contributed by atoms with Gasteiger partial charge in [0.1, 0.15) is 12.4 Å². The first-order chi connectivity index (χ1) is 16.9. The Balaban J connectivity index is 2.08. The molecular weight excluding hydrogens is 448 g/mol. The summed E-state index contributed by atoms with van der Waals surface area (Å²) in [6.07, 6.45) is 1.61. The molecule has 1 amide bonds. The van der Waals surface area contributed by atoms with Crippen LogP contribution in [0.3, 0.4) is 0 Å². The number of aromatic hydroxyl groups is 1. The normalized spacial score (nSPS) is 17.1. The summed E-state index contributed by atoms with van der Waals surface area (Å²) < 4.78 is 10.7. The van der Waals surface area contributed by atoms with Crippen LogP contribution in [-0.2, 0) is 9.59 Å². The topological polar surface area (TPSA) is 104 Å². The predicted molar refractivity (Wildman–Crippen MR) is 130 cm³/mol. The van der Waals surface area contributed by atoms with Gasteiger partial charge in [0.15, 0.2) is 11.5 Å². The van der Waals surface area contributed by atoms with Crippen LogP contribution in [0.15, 0.2) is 60.7 Å². The molecular formula is C27H32N2O6. The summed E-state index contributed by atoms with van der Waals surface area (Å²) in [6.45, 7) is 10.7. The Bertz CT molecular complexity index is 1110. The van der Waals surface area contributed by atoms with E-state index in [1.807, 2.05) is 0 Å². The van der Waals surface area contributed by atoms with Gasteiger partial charge in [-0.05, 0) is 49.2 Å². The van der Waals surface area contributed by atoms with Crippen LogP contribution in [0.2, 0.25) is 0 Å². The lowest BCUT2D eigenvalue weighted by atomic mass is 9.95. The highest BCUT2D eigenvalue weighted by Crippen LogP contribution is 2.41. The van der Waals surface area contributed by atoms with Gasteiger partial charge in [0, 0.05) is 5.57 Å². The number of hydrogen-bond donors (Lipinski definition) is 2. The highest BCUT2D eigenvalue weighted by molar-refractivity contribution is 6.46. The molecule has 2 aromatic carbocycles. The molecule has 0 saturated carbocycles. The van der Waals surface area contributed by atoms with Crippen molar-refractivity contribution in [3.8, 4) is 17.2 Å². The largest absolute Gasteiger partial charge is 0.872 e. The molecule has 1 aliphatic rings. The van der Waals surface area contributed by atoms with Gasteiger partial charge in [-0.2, -0.15) is 0 Å². The molecule has 2 N–H and O–H groups in total. The quantitative estimate of drug-likeness (QED) is 0.216. The SMILES string of the molecule is C=CCOc1ccc(/C([O-])=C2\C(=O)C(=O)N(CC[NH+](CC)CC)C2c2ccc(O)c(OC)c2)cc1. The van der Waals surface area contributed by atoms with E-state index in [4.69, 9.17) is 9.47 Å². The van der Waals surface area contributed by atoms with Crippen molar-refractivity contribution in [2.45, 2.75) is 19.9 Å². The number of ether oxygens (including phenoxy) is 2. The fraction of sp³-hybridized carbons (Fsp3) is 0.333. The van der Waals surface area contributed by atoms with Crippen molar-refractivity contribution >= 4 is 17.4 Å². The van der Waals surface area contributed by atoms with Gasteiger partial charge in [-0.1, -0.05) is 36.6 Å². The Morgan fingerprint density at radius 3 is 2.46 bits per heavy atom. The van der Waals surface area contributed by atoms with Crippen molar-refractivity contribution in [2.75, 3.05) is 39.9 Å². The zero-order chi connectivity index (χ0) is 25.5. The first-order valence-electron chi connectivity index (χ1n) is 11.7. The summed E-state index contributed by atoms with van der Waals surface area (Å²) >= 11 is 0. The van der Waals surface area contributed by atoms with Crippen molar-refractivity contribution in [3.05, 3.63) is 71.8 Å². The molecule has 1 saturated heterocycles. The maximum absolute atomic E-state index is 13.5. The lowest BCUT2D eigenvalue weighted by Crippen LogP contribution is -3.12. The van der Waals surface area contributed by atoms with Gasteiger partial charge in [-0.25, -0.2) is 0 Å². The van der Waals surface area contributed by atoms with Gasteiger partial charge < -0.3 is 29.5 Å². The smallest absolute Gasteiger partial charge is 0.295 e. The number of Topliss-reactive ketones (excluding diaryl/α,β-unsaturated/α-hetero) is 1. The molecule has 8 heteroatoms. The first-order valence-corrected chi connectivity index (χ1v) is 11.7. The first kappa shape index (κ1) is 25.8. The molecule has 8 nitrogen and oxygen atoms in total. The zero-order valence-electron chi connectivity index (χ0n) is 20.4. The van der Waals surface area contributed by atoms with Crippen LogP contribution in [0.4, 0.5) is 0 Å². The van der Waals surface area contributed by atoms with Crippen molar-refractivity contribution < 1.29 is 34.2 Å². The van der Waals surface area contributed by atoms with E-state index in [0.717, 1.165) is 13.1 Å². The van der Waals surface area contributed by atoms with E-state index in [1.165, 1.54) is 23.0 Å². The number of quaternary nitrogens is 1. The fourth-order valence-electron chi connectivity index (χ4n) is 4.21. The maximum atomic E-state index is 13.5. The number of likely N-dealkylation sites (N-methyl/N-ethyl adjacent to an activating group) is 1. The van der Waals surface area contributed by atoms with Crippen LogP contribution in [0, 0.1) is 0 Å². The molecule has 0 aromatic heterocycles. The zero-order valence-corrected chi connectivity index (χ0v) is 20.4. The molecule has 1 unspecified atom stereocenters. The molecule has 1 fully saturated rings. The average Bonchev–Trinajstić information content (AvgIpc) is 3.13. The van der Waals surface area contributed by atoms with Crippen LogP contribution in [0.25, 0.3) is 5.76 Å². The molecule has 0 radical (unpaired) electrons. The number of hydrogen-bond acceptors (Lipinski definition) is 6. The molecule has 0 spiro atoms. The Morgan fingerprint density at radius 1 is 1.17 bits per heavy atom.